The third kappa shape index (κ3) is 2.89. The van der Waals surface area contributed by atoms with Gasteiger partial charge in [-0.2, -0.15) is 18.4 Å². The van der Waals surface area contributed by atoms with Gasteiger partial charge in [0.2, 0.25) is 0 Å². The van der Waals surface area contributed by atoms with Gasteiger partial charge in [0.05, 0.1) is 24.7 Å². The van der Waals surface area contributed by atoms with Gasteiger partial charge in [0.25, 0.3) is 0 Å². The van der Waals surface area contributed by atoms with Gasteiger partial charge in [0, 0.05) is 0 Å². The summed E-state index contributed by atoms with van der Waals surface area (Å²) in [5.41, 5.74) is -0.500. The molecule has 1 aromatic rings. The van der Waals surface area contributed by atoms with Gasteiger partial charge in [-0.1, -0.05) is 6.07 Å². The normalized spacial score (nSPS) is 10.9. The molecule has 0 aliphatic carbocycles. The first-order valence-electron chi connectivity index (χ1n) is 4.69. The predicted molar refractivity (Wildman–Crippen MR) is 51.9 cm³/mol. The summed E-state index contributed by atoms with van der Waals surface area (Å²) < 4.78 is 42.8. The zero-order valence-electron chi connectivity index (χ0n) is 8.64. The quantitative estimate of drug-likeness (QED) is 0.797. The molecule has 0 aliphatic rings. The van der Waals surface area contributed by atoms with Crippen molar-refractivity contribution in [3.8, 4) is 11.8 Å². The first-order chi connectivity index (χ1) is 7.49. The fourth-order valence-corrected chi connectivity index (χ4v) is 1.28. The van der Waals surface area contributed by atoms with Crippen molar-refractivity contribution in [1.82, 2.24) is 0 Å². The average molecular weight is 229 g/mol. The molecule has 0 radical (unpaired) electrons. The molecule has 0 bridgehead atoms. The second kappa shape index (κ2) is 4.88. The zero-order chi connectivity index (χ0) is 12.2. The Hall–Kier alpha value is -1.70. The summed E-state index contributed by atoms with van der Waals surface area (Å²) in [7, 11) is 0. The van der Waals surface area contributed by atoms with Crippen LogP contribution in [0.25, 0.3) is 0 Å². The van der Waals surface area contributed by atoms with Crippen LogP contribution in [0.1, 0.15) is 18.1 Å². The summed E-state index contributed by atoms with van der Waals surface area (Å²) in [6, 6.07) is 5.47. The Balaban J connectivity index is 3.17. The number of hydrogen-bond acceptors (Lipinski definition) is 2. The maximum absolute atomic E-state index is 12.6. The van der Waals surface area contributed by atoms with E-state index in [-0.39, 0.29) is 18.8 Å². The van der Waals surface area contributed by atoms with Crippen molar-refractivity contribution in [2.45, 2.75) is 19.5 Å². The molecule has 1 rings (SSSR count). The van der Waals surface area contributed by atoms with Crippen LogP contribution in [0.5, 0.6) is 5.75 Å². The van der Waals surface area contributed by atoms with Gasteiger partial charge >= 0.3 is 6.18 Å². The van der Waals surface area contributed by atoms with Crippen molar-refractivity contribution in [2.75, 3.05) is 6.61 Å². The lowest BCUT2D eigenvalue weighted by Crippen LogP contribution is -2.09. The summed E-state index contributed by atoms with van der Waals surface area (Å²) >= 11 is 0. The summed E-state index contributed by atoms with van der Waals surface area (Å²) in [5, 5.41) is 8.42. The lowest BCUT2D eigenvalue weighted by molar-refractivity contribution is -0.138. The van der Waals surface area contributed by atoms with E-state index in [4.69, 9.17) is 10.00 Å². The van der Waals surface area contributed by atoms with Crippen LogP contribution in [0.3, 0.4) is 0 Å². The maximum atomic E-state index is 12.6. The predicted octanol–water partition coefficient (Wildman–Crippen LogP) is 3.17. The van der Waals surface area contributed by atoms with E-state index in [1.54, 1.807) is 13.0 Å². The molecule has 1 aromatic carbocycles. The second-order valence-corrected chi connectivity index (χ2v) is 3.10. The highest BCUT2D eigenvalue weighted by atomic mass is 19.4. The molecule has 5 heteroatoms. The summed E-state index contributed by atoms with van der Waals surface area (Å²) in [4.78, 5) is 0. The molecular formula is C11H10F3NO. The van der Waals surface area contributed by atoms with Crippen molar-refractivity contribution in [2.24, 2.45) is 0 Å². The Morgan fingerprint density at radius 2 is 2.06 bits per heavy atom. The first-order valence-corrected chi connectivity index (χ1v) is 4.69. The monoisotopic (exact) mass is 229 g/mol. The van der Waals surface area contributed by atoms with E-state index in [1.807, 2.05) is 0 Å². The number of alkyl halides is 3. The van der Waals surface area contributed by atoms with Crippen LogP contribution >= 0.6 is 0 Å². The number of halogens is 3. The van der Waals surface area contributed by atoms with Gasteiger partial charge < -0.3 is 4.74 Å². The van der Waals surface area contributed by atoms with Crippen molar-refractivity contribution in [1.29, 1.82) is 5.26 Å². The van der Waals surface area contributed by atoms with E-state index < -0.39 is 11.7 Å². The summed E-state index contributed by atoms with van der Waals surface area (Å²) in [6.45, 7) is 1.78. The average Bonchev–Trinajstić information content (AvgIpc) is 2.19. The van der Waals surface area contributed by atoms with E-state index in [2.05, 4.69) is 0 Å². The molecular weight excluding hydrogens is 219 g/mol. The molecule has 0 N–H and O–H groups in total. The smallest absolute Gasteiger partial charge is 0.419 e. The van der Waals surface area contributed by atoms with Crippen molar-refractivity contribution < 1.29 is 17.9 Å². The van der Waals surface area contributed by atoms with Crippen molar-refractivity contribution >= 4 is 0 Å². The second-order valence-electron chi connectivity index (χ2n) is 3.10. The molecule has 0 unspecified atom stereocenters. The lowest BCUT2D eigenvalue weighted by atomic mass is 10.1. The highest BCUT2D eigenvalue weighted by Gasteiger charge is 2.34. The minimum Gasteiger partial charge on any atom is -0.493 e. The molecule has 0 aromatic heterocycles. The van der Waals surface area contributed by atoms with Crippen LogP contribution < -0.4 is 4.74 Å². The Bertz CT molecular complexity index is 407. The standard InChI is InChI=1S/C11H10F3NO/c1-2-16-10-4-3-8(5-6-15)7-9(10)11(12,13)14/h3-4,7H,2,5H2,1H3. The molecule has 86 valence electrons. The van der Waals surface area contributed by atoms with E-state index in [9.17, 15) is 13.2 Å². The van der Waals surface area contributed by atoms with Gasteiger partial charge in [0.15, 0.2) is 0 Å². The number of nitrogens with zero attached hydrogens (tertiary/aromatic N) is 1. The Morgan fingerprint density at radius 3 is 2.56 bits per heavy atom. The van der Waals surface area contributed by atoms with Gasteiger partial charge in [-0.25, -0.2) is 0 Å². The van der Waals surface area contributed by atoms with Gasteiger partial charge in [-0.3, -0.25) is 0 Å². The number of hydrogen-bond donors (Lipinski definition) is 0. The highest BCUT2D eigenvalue weighted by molar-refractivity contribution is 5.40. The molecule has 0 fully saturated rings. The van der Waals surface area contributed by atoms with E-state index in [0.717, 1.165) is 6.07 Å². The summed E-state index contributed by atoms with van der Waals surface area (Å²) in [6.07, 6.45) is -4.51. The number of benzene rings is 1. The third-order valence-corrected chi connectivity index (χ3v) is 1.93. The molecule has 0 saturated carbocycles. The number of rotatable bonds is 3. The molecule has 0 spiro atoms. The highest BCUT2D eigenvalue weighted by Crippen LogP contribution is 2.36. The van der Waals surface area contributed by atoms with Crippen molar-refractivity contribution in [3.05, 3.63) is 29.3 Å². The molecule has 0 aliphatic heterocycles. The van der Waals surface area contributed by atoms with Crippen LogP contribution in [-0.4, -0.2) is 6.61 Å². The van der Waals surface area contributed by atoms with Gasteiger partial charge in [-0.15, -0.1) is 0 Å². The fraction of sp³-hybridized carbons (Fsp3) is 0.364. The van der Waals surface area contributed by atoms with Gasteiger partial charge in [-0.05, 0) is 24.6 Å². The molecule has 0 heterocycles. The van der Waals surface area contributed by atoms with Crippen LogP contribution in [-0.2, 0) is 12.6 Å². The topological polar surface area (TPSA) is 33.0 Å². The van der Waals surface area contributed by atoms with Crippen molar-refractivity contribution in [3.63, 3.8) is 0 Å². The molecule has 0 saturated heterocycles. The zero-order valence-corrected chi connectivity index (χ0v) is 8.64. The Labute approximate surface area is 91.3 Å². The van der Waals surface area contributed by atoms with Crippen LogP contribution in [0, 0.1) is 11.3 Å². The van der Waals surface area contributed by atoms with E-state index in [1.165, 1.54) is 12.1 Å². The van der Waals surface area contributed by atoms with Gasteiger partial charge in [0.1, 0.15) is 5.75 Å². The fourth-order valence-electron chi connectivity index (χ4n) is 1.28. The molecule has 16 heavy (non-hydrogen) atoms. The first kappa shape index (κ1) is 12.4. The van der Waals surface area contributed by atoms with Crippen LogP contribution in [0.15, 0.2) is 18.2 Å². The minimum atomic E-state index is -4.46. The largest absolute Gasteiger partial charge is 0.493 e. The number of nitriles is 1. The summed E-state index contributed by atoms with van der Waals surface area (Å²) in [5.74, 6) is -0.198. The maximum Gasteiger partial charge on any atom is 0.419 e. The Morgan fingerprint density at radius 1 is 1.38 bits per heavy atom. The molecule has 2 nitrogen and oxygen atoms in total. The number of ether oxygens (including phenoxy) is 1. The Kier molecular flexibility index (Phi) is 3.78. The molecule has 0 amide bonds. The minimum absolute atomic E-state index is 0.0461. The van der Waals surface area contributed by atoms with Crippen LogP contribution in [0.4, 0.5) is 13.2 Å². The van der Waals surface area contributed by atoms with E-state index in [0.29, 0.717) is 5.56 Å². The molecule has 0 atom stereocenters. The third-order valence-electron chi connectivity index (χ3n) is 1.93. The lowest BCUT2D eigenvalue weighted by Gasteiger charge is -2.13. The SMILES string of the molecule is CCOc1ccc(CC#N)cc1C(F)(F)F. The van der Waals surface area contributed by atoms with Crippen LogP contribution in [0.2, 0.25) is 0 Å². The van der Waals surface area contributed by atoms with E-state index >= 15 is 0 Å².